The van der Waals surface area contributed by atoms with Gasteiger partial charge < -0.3 is 40.3 Å². The normalized spacial score (nSPS) is 18.9. The summed E-state index contributed by atoms with van der Waals surface area (Å²) in [5, 5.41) is 54.7. The average molecular weight is 1200 g/mol. The van der Waals surface area contributed by atoms with E-state index in [1.165, 1.54) is 167 Å². The highest BCUT2D eigenvalue weighted by atomic mass is 16.7. The number of hydrogen-bond acceptors (Lipinski definition) is 8. The lowest BCUT2D eigenvalue weighted by Gasteiger charge is -2.40. The van der Waals surface area contributed by atoms with Crippen molar-refractivity contribution in [1.29, 1.82) is 0 Å². The van der Waals surface area contributed by atoms with Crippen LogP contribution in [0.25, 0.3) is 0 Å². The predicted molar refractivity (Wildman–Crippen MR) is 368 cm³/mol. The maximum absolute atomic E-state index is 13.1. The second-order valence-electron chi connectivity index (χ2n) is 23.9. The third-order valence-corrected chi connectivity index (χ3v) is 16.0. The topological polar surface area (TPSA) is 149 Å². The van der Waals surface area contributed by atoms with Crippen LogP contribution in [0.1, 0.15) is 290 Å². The third-order valence-electron chi connectivity index (χ3n) is 16.0. The number of hydrogen-bond donors (Lipinski definition) is 6. The highest BCUT2D eigenvalue weighted by molar-refractivity contribution is 5.76. The zero-order valence-corrected chi connectivity index (χ0v) is 55.0. The molecular formula is C77H131NO8. The van der Waals surface area contributed by atoms with Crippen LogP contribution in [0.15, 0.2) is 134 Å². The molecule has 0 bridgehead atoms. The Bertz CT molecular complexity index is 1820. The molecule has 1 heterocycles. The second-order valence-corrected chi connectivity index (χ2v) is 23.9. The van der Waals surface area contributed by atoms with E-state index in [0.717, 1.165) is 96.3 Å². The van der Waals surface area contributed by atoms with Crippen molar-refractivity contribution >= 4 is 5.91 Å². The molecule has 9 nitrogen and oxygen atoms in total. The summed E-state index contributed by atoms with van der Waals surface area (Å²) in [6.45, 7) is 3.66. The summed E-state index contributed by atoms with van der Waals surface area (Å²) in [6, 6.07) is -0.841. The molecule has 1 amide bonds. The number of nitrogens with one attached hydrogen (secondary N) is 1. The van der Waals surface area contributed by atoms with E-state index in [1.54, 1.807) is 6.08 Å². The Balaban J connectivity index is 2.21. The number of aliphatic hydroxyl groups excluding tert-OH is 5. The lowest BCUT2D eigenvalue weighted by molar-refractivity contribution is -0.302. The van der Waals surface area contributed by atoms with Crippen molar-refractivity contribution in [3.63, 3.8) is 0 Å². The Labute approximate surface area is 528 Å². The minimum Gasteiger partial charge on any atom is -0.394 e. The fourth-order valence-electron chi connectivity index (χ4n) is 10.5. The highest BCUT2D eigenvalue weighted by Gasteiger charge is 2.44. The molecule has 0 radical (unpaired) electrons. The fourth-order valence-corrected chi connectivity index (χ4v) is 10.5. The molecule has 86 heavy (non-hydrogen) atoms. The number of allylic oxidation sites excluding steroid dienone is 21. The summed E-state index contributed by atoms with van der Waals surface area (Å²) >= 11 is 0. The predicted octanol–water partition coefficient (Wildman–Crippen LogP) is 19.6. The molecule has 1 saturated heterocycles. The van der Waals surface area contributed by atoms with Crippen molar-refractivity contribution in [3.8, 4) is 0 Å². The maximum atomic E-state index is 13.1. The molecule has 1 aliphatic heterocycles. The van der Waals surface area contributed by atoms with Gasteiger partial charge in [0.15, 0.2) is 6.29 Å². The van der Waals surface area contributed by atoms with Crippen LogP contribution in [-0.2, 0) is 14.3 Å². The first kappa shape index (κ1) is 80.3. The van der Waals surface area contributed by atoms with Crippen LogP contribution < -0.4 is 5.32 Å². The first-order valence-corrected chi connectivity index (χ1v) is 35.4. The Morgan fingerprint density at radius 3 is 1.07 bits per heavy atom. The first-order valence-electron chi connectivity index (χ1n) is 35.4. The van der Waals surface area contributed by atoms with Gasteiger partial charge in [0.1, 0.15) is 24.4 Å². The molecule has 9 heteroatoms. The van der Waals surface area contributed by atoms with Gasteiger partial charge in [0.25, 0.3) is 0 Å². The van der Waals surface area contributed by atoms with Gasteiger partial charge in [-0.25, -0.2) is 0 Å². The van der Waals surface area contributed by atoms with Crippen molar-refractivity contribution in [2.24, 2.45) is 0 Å². The zero-order chi connectivity index (χ0) is 62.1. The van der Waals surface area contributed by atoms with Crippen LogP contribution in [0.3, 0.4) is 0 Å². The molecule has 1 rings (SSSR count). The van der Waals surface area contributed by atoms with Gasteiger partial charge in [0, 0.05) is 6.42 Å². The number of aliphatic hydroxyl groups is 5. The van der Waals surface area contributed by atoms with Gasteiger partial charge in [-0.1, -0.05) is 321 Å². The Kier molecular flexibility index (Phi) is 60.1. The molecule has 492 valence electrons. The third kappa shape index (κ3) is 52.3. The van der Waals surface area contributed by atoms with Crippen molar-refractivity contribution in [2.45, 2.75) is 333 Å². The van der Waals surface area contributed by atoms with Gasteiger partial charge in [-0.2, -0.15) is 0 Å². The van der Waals surface area contributed by atoms with E-state index in [1.807, 2.05) is 6.08 Å². The summed E-state index contributed by atoms with van der Waals surface area (Å²) in [4.78, 5) is 13.1. The number of amides is 1. The lowest BCUT2D eigenvalue weighted by atomic mass is 9.99. The average Bonchev–Trinajstić information content (AvgIpc) is 2.60. The van der Waals surface area contributed by atoms with Crippen LogP contribution in [0, 0.1) is 0 Å². The monoisotopic (exact) mass is 1200 g/mol. The first-order chi connectivity index (χ1) is 42.3. The molecule has 0 spiro atoms. The summed E-state index contributed by atoms with van der Waals surface area (Å²) in [5.74, 6) is -0.221. The van der Waals surface area contributed by atoms with E-state index in [2.05, 4.69) is 141 Å². The van der Waals surface area contributed by atoms with E-state index < -0.39 is 49.5 Å². The molecule has 0 aromatic heterocycles. The standard InChI is InChI=1S/C77H131NO8/c1-3-5-7-9-11-13-15-17-19-21-23-25-27-29-31-33-35-36-37-39-41-43-45-47-49-51-53-55-57-59-61-63-65-67-73(81)78-70(69-85-77-76(84)75(83)74(82)72(68-79)86-77)71(80)66-64-62-60-58-56-54-52-50-48-46-44-42-40-38-34-32-30-28-26-24-22-20-18-16-14-12-10-8-6-4-2/h5,7,11,13,17,19,23,25,29,31,35-36,39,41,45,47,51,53,57,59,64,66,70-72,74-77,79-80,82-84H,3-4,6,8-10,12,14-16,18,20-22,24,26-28,30,32-34,37-38,40,42-44,46,48-50,52,54-56,58,60-63,65,67-69H2,1-2H3,(H,78,81)/b7-5-,13-11-,19-17-,25-23-,31-29-,36-35-,41-39-,47-45-,53-51-,59-57-,66-64+. The van der Waals surface area contributed by atoms with Crippen molar-refractivity contribution in [1.82, 2.24) is 5.32 Å². The Hall–Kier alpha value is -3.67. The number of rotatable bonds is 60. The highest BCUT2D eigenvalue weighted by Crippen LogP contribution is 2.23. The zero-order valence-electron chi connectivity index (χ0n) is 55.0. The number of carbonyl (C=O) groups excluding carboxylic acids is 1. The smallest absolute Gasteiger partial charge is 0.220 e. The van der Waals surface area contributed by atoms with Crippen molar-refractivity contribution < 1.29 is 39.8 Å². The summed E-state index contributed by atoms with van der Waals surface area (Å²) < 4.78 is 11.3. The fraction of sp³-hybridized carbons (Fsp3) is 0.701. The summed E-state index contributed by atoms with van der Waals surface area (Å²) in [6.07, 6.45) is 91.2. The van der Waals surface area contributed by atoms with E-state index in [-0.39, 0.29) is 18.9 Å². The van der Waals surface area contributed by atoms with Gasteiger partial charge in [-0.05, 0) is 96.3 Å². The van der Waals surface area contributed by atoms with E-state index >= 15 is 0 Å². The Morgan fingerprint density at radius 1 is 0.407 bits per heavy atom. The molecular weight excluding hydrogens is 1070 g/mol. The molecule has 1 aliphatic rings. The maximum Gasteiger partial charge on any atom is 0.220 e. The van der Waals surface area contributed by atoms with E-state index in [9.17, 15) is 30.3 Å². The molecule has 1 fully saturated rings. The molecule has 0 aliphatic carbocycles. The van der Waals surface area contributed by atoms with Gasteiger partial charge >= 0.3 is 0 Å². The van der Waals surface area contributed by atoms with Crippen LogP contribution in [0.4, 0.5) is 0 Å². The second kappa shape index (κ2) is 64.3. The van der Waals surface area contributed by atoms with Gasteiger partial charge in [-0.3, -0.25) is 4.79 Å². The number of carbonyl (C=O) groups is 1. The van der Waals surface area contributed by atoms with Gasteiger partial charge in [0.2, 0.25) is 5.91 Å². The number of ether oxygens (including phenoxy) is 2. The molecule has 0 aromatic carbocycles. The van der Waals surface area contributed by atoms with Crippen molar-refractivity contribution in [3.05, 3.63) is 134 Å². The van der Waals surface area contributed by atoms with Crippen LogP contribution >= 0.6 is 0 Å². The minimum absolute atomic E-state index is 0.214. The van der Waals surface area contributed by atoms with Crippen LogP contribution in [-0.4, -0.2) is 87.5 Å². The largest absolute Gasteiger partial charge is 0.394 e. The summed E-state index contributed by atoms with van der Waals surface area (Å²) in [7, 11) is 0. The quantitative estimate of drug-likeness (QED) is 0.0261. The molecule has 7 atom stereocenters. The molecule has 7 unspecified atom stereocenters. The van der Waals surface area contributed by atoms with Crippen molar-refractivity contribution in [2.75, 3.05) is 13.2 Å². The van der Waals surface area contributed by atoms with Gasteiger partial charge in [-0.15, -0.1) is 0 Å². The molecule has 0 saturated carbocycles. The lowest BCUT2D eigenvalue weighted by Crippen LogP contribution is -2.60. The van der Waals surface area contributed by atoms with Gasteiger partial charge in [0.05, 0.1) is 25.4 Å². The van der Waals surface area contributed by atoms with E-state index in [4.69, 9.17) is 9.47 Å². The molecule has 6 N–H and O–H groups in total. The van der Waals surface area contributed by atoms with Crippen LogP contribution in [0.2, 0.25) is 0 Å². The minimum atomic E-state index is -1.58. The SMILES string of the molecule is CC/C=C\C/C=C\C/C=C\C/C=C\C/C=C\C/C=C\C/C=C\C/C=C\C/C=C\C/C=C\CCCCC(=O)NC(COC1OC(CO)C(O)C(O)C1O)C(O)/C=C/CCCCCCCCCCCCCCCCCCCCCCCCCCCCCC. The molecule has 0 aromatic rings. The van der Waals surface area contributed by atoms with E-state index in [0.29, 0.717) is 6.42 Å². The summed E-state index contributed by atoms with van der Waals surface area (Å²) in [5.41, 5.74) is 0. The number of unbranched alkanes of at least 4 members (excludes halogenated alkanes) is 30. The Morgan fingerprint density at radius 2 is 0.721 bits per heavy atom. The van der Waals surface area contributed by atoms with Crippen LogP contribution in [0.5, 0.6) is 0 Å².